The van der Waals surface area contributed by atoms with Crippen molar-refractivity contribution in [3.05, 3.63) is 28.8 Å². The number of nitrogens with zero attached hydrogens (tertiary/aromatic N) is 1. The van der Waals surface area contributed by atoms with Crippen molar-refractivity contribution in [3.63, 3.8) is 0 Å². The standard InChI is InChI=1S/C11H11NO3/c1-7-3-4-10(15-2)8(5-11(13)14)9(7)6-12/h3-4H,5H2,1-2H3,(H,13,14). The molecule has 0 atom stereocenters. The Labute approximate surface area is 87.7 Å². The zero-order valence-electron chi connectivity index (χ0n) is 8.57. The lowest BCUT2D eigenvalue weighted by atomic mass is 9.99. The van der Waals surface area contributed by atoms with Gasteiger partial charge in [-0.3, -0.25) is 4.79 Å². The number of nitriles is 1. The first-order valence-corrected chi connectivity index (χ1v) is 4.38. The Balaban J connectivity index is 3.35. The molecule has 0 amide bonds. The molecule has 0 aliphatic rings. The Morgan fingerprint density at radius 1 is 1.60 bits per heavy atom. The summed E-state index contributed by atoms with van der Waals surface area (Å²) in [6.45, 7) is 1.77. The molecule has 0 aromatic heterocycles. The minimum Gasteiger partial charge on any atom is -0.496 e. The molecule has 0 aliphatic heterocycles. The number of carboxylic acid groups (broad SMARTS) is 1. The van der Waals surface area contributed by atoms with Gasteiger partial charge in [-0.05, 0) is 18.6 Å². The number of benzene rings is 1. The second-order valence-corrected chi connectivity index (χ2v) is 3.12. The lowest BCUT2D eigenvalue weighted by Crippen LogP contribution is -2.05. The molecule has 0 unspecified atom stereocenters. The maximum absolute atomic E-state index is 10.7. The summed E-state index contributed by atoms with van der Waals surface area (Å²) in [7, 11) is 1.46. The van der Waals surface area contributed by atoms with Gasteiger partial charge in [-0.2, -0.15) is 5.26 Å². The summed E-state index contributed by atoms with van der Waals surface area (Å²) in [5.74, 6) is -0.532. The zero-order valence-corrected chi connectivity index (χ0v) is 8.57. The van der Waals surface area contributed by atoms with E-state index in [4.69, 9.17) is 15.1 Å². The van der Waals surface area contributed by atoms with Crippen LogP contribution in [0.4, 0.5) is 0 Å². The second kappa shape index (κ2) is 4.47. The average Bonchev–Trinajstić information content (AvgIpc) is 2.18. The first kappa shape index (κ1) is 11.1. The lowest BCUT2D eigenvalue weighted by molar-refractivity contribution is -0.136. The maximum Gasteiger partial charge on any atom is 0.308 e. The first-order chi connectivity index (χ1) is 7.10. The van der Waals surface area contributed by atoms with E-state index in [1.54, 1.807) is 19.1 Å². The molecule has 78 valence electrons. The van der Waals surface area contributed by atoms with Gasteiger partial charge in [-0.25, -0.2) is 0 Å². The summed E-state index contributed by atoms with van der Waals surface area (Å²) in [5, 5.41) is 17.7. The van der Waals surface area contributed by atoms with Gasteiger partial charge in [-0.15, -0.1) is 0 Å². The topological polar surface area (TPSA) is 70.3 Å². The number of hydrogen-bond donors (Lipinski definition) is 1. The molecule has 15 heavy (non-hydrogen) atoms. The lowest BCUT2D eigenvalue weighted by Gasteiger charge is -2.10. The maximum atomic E-state index is 10.7. The zero-order chi connectivity index (χ0) is 11.4. The van der Waals surface area contributed by atoms with Gasteiger partial charge < -0.3 is 9.84 Å². The van der Waals surface area contributed by atoms with E-state index in [0.29, 0.717) is 16.9 Å². The van der Waals surface area contributed by atoms with Crippen molar-refractivity contribution < 1.29 is 14.6 Å². The molecule has 0 saturated heterocycles. The molecule has 0 heterocycles. The summed E-state index contributed by atoms with van der Waals surface area (Å²) in [5.41, 5.74) is 1.58. The van der Waals surface area contributed by atoms with E-state index in [-0.39, 0.29) is 6.42 Å². The highest BCUT2D eigenvalue weighted by Crippen LogP contribution is 2.25. The van der Waals surface area contributed by atoms with Gasteiger partial charge in [0.05, 0.1) is 25.2 Å². The Morgan fingerprint density at radius 2 is 2.27 bits per heavy atom. The van der Waals surface area contributed by atoms with Crippen molar-refractivity contribution in [2.24, 2.45) is 0 Å². The molecule has 4 nitrogen and oxygen atoms in total. The Kier molecular flexibility index (Phi) is 3.29. The molecular formula is C11H11NO3. The molecule has 0 bridgehead atoms. The Morgan fingerprint density at radius 3 is 2.73 bits per heavy atom. The average molecular weight is 205 g/mol. The Hall–Kier alpha value is -2.02. The summed E-state index contributed by atoms with van der Waals surface area (Å²) in [6.07, 6.45) is -0.201. The largest absolute Gasteiger partial charge is 0.496 e. The first-order valence-electron chi connectivity index (χ1n) is 4.38. The van der Waals surface area contributed by atoms with E-state index in [9.17, 15) is 4.79 Å². The van der Waals surface area contributed by atoms with Crippen LogP contribution in [0.5, 0.6) is 5.75 Å². The van der Waals surface area contributed by atoms with Crippen LogP contribution in [0.1, 0.15) is 16.7 Å². The molecule has 0 saturated carbocycles. The molecule has 0 radical (unpaired) electrons. The predicted octanol–water partition coefficient (Wildman–Crippen LogP) is 1.50. The number of aryl methyl sites for hydroxylation is 1. The van der Waals surface area contributed by atoms with Crippen molar-refractivity contribution >= 4 is 5.97 Å². The number of methoxy groups -OCH3 is 1. The van der Waals surface area contributed by atoms with Crippen LogP contribution in [0.3, 0.4) is 0 Å². The number of ether oxygens (including phenoxy) is 1. The second-order valence-electron chi connectivity index (χ2n) is 3.12. The van der Waals surface area contributed by atoms with Crippen molar-refractivity contribution in [3.8, 4) is 11.8 Å². The van der Waals surface area contributed by atoms with E-state index < -0.39 is 5.97 Å². The number of aliphatic carboxylic acids is 1. The third-order valence-corrected chi connectivity index (χ3v) is 2.14. The molecule has 0 spiro atoms. The molecule has 1 N–H and O–H groups in total. The highest BCUT2D eigenvalue weighted by Gasteiger charge is 2.14. The molecule has 1 aromatic carbocycles. The van der Waals surface area contributed by atoms with Crippen LogP contribution in [-0.2, 0) is 11.2 Å². The number of carbonyl (C=O) groups is 1. The summed E-state index contributed by atoms with van der Waals surface area (Å²) < 4.78 is 5.03. The van der Waals surface area contributed by atoms with E-state index in [1.165, 1.54) is 7.11 Å². The van der Waals surface area contributed by atoms with Crippen LogP contribution in [-0.4, -0.2) is 18.2 Å². The van der Waals surface area contributed by atoms with Crippen LogP contribution in [0.25, 0.3) is 0 Å². The highest BCUT2D eigenvalue weighted by molar-refractivity contribution is 5.73. The normalized spacial score (nSPS) is 9.40. The molecule has 1 aromatic rings. The summed E-state index contributed by atoms with van der Waals surface area (Å²) >= 11 is 0. The summed E-state index contributed by atoms with van der Waals surface area (Å²) in [4.78, 5) is 10.7. The predicted molar refractivity (Wildman–Crippen MR) is 53.8 cm³/mol. The van der Waals surface area contributed by atoms with Crippen LogP contribution in [0.15, 0.2) is 12.1 Å². The number of rotatable bonds is 3. The SMILES string of the molecule is COc1ccc(C)c(C#N)c1CC(=O)O. The van der Waals surface area contributed by atoms with Crippen LogP contribution in [0.2, 0.25) is 0 Å². The fourth-order valence-corrected chi connectivity index (χ4v) is 1.42. The smallest absolute Gasteiger partial charge is 0.308 e. The molecule has 1 rings (SSSR count). The highest BCUT2D eigenvalue weighted by atomic mass is 16.5. The van der Waals surface area contributed by atoms with Gasteiger partial charge in [0, 0.05) is 5.56 Å². The summed E-state index contributed by atoms with van der Waals surface area (Å²) in [6, 6.07) is 5.41. The van der Waals surface area contributed by atoms with Gasteiger partial charge in [0.15, 0.2) is 0 Å². The number of hydrogen-bond acceptors (Lipinski definition) is 3. The van der Waals surface area contributed by atoms with Gasteiger partial charge >= 0.3 is 5.97 Å². The van der Waals surface area contributed by atoms with E-state index >= 15 is 0 Å². The van der Waals surface area contributed by atoms with Crippen molar-refractivity contribution in [2.75, 3.05) is 7.11 Å². The minimum absolute atomic E-state index is 0.201. The molecule has 0 fully saturated rings. The van der Waals surface area contributed by atoms with Crippen molar-refractivity contribution in [2.45, 2.75) is 13.3 Å². The van der Waals surface area contributed by atoms with Gasteiger partial charge in [-0.1, -0.05) is 6.07 Å². The Bertz CT molecular complexity index is 432. The van der Waals surface area contributed by atoms with Gasteiger partial charge in [0.2, 0.25) is 0 Å². The van der Waals surface area contributed by atoms with Crippen molar-refractivity contribution in [1.29, 1.82) is 5.26 Å². The third kappa shape index (κ3) is 2.26. The van der Waals surface area contributed by atoms with E-state index in [1.807, 2.05) is 6.07 Å². The monoisotopic (exact) mass is 205 g/mol. The van der Waals surface area contributed by atoms with Crippen molar-refractivity contribution in [1.82, 2.24) is 0 Å². The third-order valence-electron chi connectivity index (χ3n) is 2.14. The molecule has 0 aliphatic carbocycles. The number of carboxylic acids is 1. The van der Waals surface area contributed by atoms with E-state index in [0.717, 1.165) is 5.56 Å². The van der Waals surface area contributed by atoms with Crippen LogP contribution in [0, 0.1) is 18.3 Å². The quantitative estimate of drug-likeness (QED) is 0.811. The minimum atomic E-state index is -0.976. The fraction of sp³-hybridized carbons (Fsp3) is 0.273. The van der Waals surface area contributed by atoms with Gasteiger partial charge in [0.1, 0.15) is 5.75 Å². The van der Waals surface area contributed by atoms with Crippen LogP contribution >= 0.6 is 0 Å². The fourth-order valence-electron chi connectivity index (χ4n) is 1.42. The molecule has 4 heteroatoms. The van der Waals surface area contributed by atoms with Crippen LogP contribution < -0.4 is 4.74 Å². The molecular weight excluding hydrogens is 194 g/mol. The van der Waals surface area contributed by atoms with E-state index in [2.05, 4.69) is 0 Å². The van der Waals surface area contributed by atoms with Gasteiger partial charge in [0.25, 0.3) is 0 Å².